The number of hydrogen-bond donors (Lipinski definition) is 1. The van der Waals surface area contributed by atoms with Gasteiger partial charge < -0.3 is 5.32 Å². The van der Waals surface area contributed by atoms with Gasteiger partial charge in [-0.1, -0.05) is 57.5 Å². The van der Waals surface area contributed by atoms with Gasteiger partial charge in [-0.3, -0.25) is 0 Å². The molecule has 0 bridgehead atoms. The lowest BCUT2D eigenvalue weighted by Crippen LogP contribution is -2.35. The van der Waals surface area contributed by atoms with Gasteiger partial charge in [0.2, 0.25) is 0 Å². The maximum Gasteiger partial charge on any atom is 0.0112 e. The predicted octanol–water partition coefficient (Wildman–Crippen LogP) is 4.34. The van der Waals surface area contributed by atoms with E-state index in [1.165, 1.54) is 24.0 Å². The van der Waals surface area contributed by atoms with Crippen molar-refractivity contribution in [2.75, 3.05) is 6.54 Å². The summed E-state index contributed by atoms with van der Waals surface area (Å²) in [6.07, 6.45) is 3.56. The van der Waals surface area contributed by atoms with Crippen LogP contribution in [0, 0.1) is 12.3 Å². The molecule has 1 nitrogen and oxygen atoms in total. The second kappa shape index (κ2) is 6.94. The number of aryl methyl sites for hydroxylation is 1. The van der Waals surface area contributed by atoms with Gasteiger partial charge in [0, 0.05) is 6.04 Å². The average Bonchev–Trinajstić information content (AvgIpc) is 2.27. The second-order valence-corrected chi connectivity index (χ2v) is 6.61. The van der Waals surface area contributed by atoms with Gasteiger partial charge in [0.05, 0.1) is 0 Å². The molecule has 0 fully saturated rings. The highest BCUT2D eigenvalue weighted by molar-refractivity contribution is 5.22. The van der Waals surface area contributed by atoms with Crippen molar-refractivity contribution in [1.29, 1.82) is 0 Å². The first-order chi connectivity index (χ1) is 8.40. The Morgan fingerprint density at radius 3 is 2.22 bits per heavy atom. The molecular formula is C17H29N. The highest BCUT2D eigenvalue weighted by Gasteiger charge is 2.18. The minimum absolute atomic E-state index is 0.385. The van der Waals surface area contributed by atoms with Gasteiger partial charge in [-0.2, -0.15) is 0 Å². The van der Waals surface area contributed by atoms with E-state index in [0.717, 1.165) is 13.0 Å². The monoisotopic (exact) mass is 247 g/mol. The van der Waals surface area contributed by atoms with Crippen LogP contribution in [0.5, 0.6) is 0 Å². The van der Waals surface area contributed by atoms with Crippen LogP contribution in [0.3, 0.4) is 0 Å². The molecule has 0 radical (unpaired) electrons. The van der Waals surface area contributed by atoms with E-state index < -0.39 is 0 Å². The third-order valence-electron chi connectivity index (χ3n) is 3.14. The minimum Gasteiger partial charge on any atom is -0.314 e. The molecule has 1 rings (SSSR count). The molecule has 1 atom stereocenters. The van der Waals surface area contributed by atoms with Crippen LogP contribution in [-0.4, -0.2) is 12.6 Å². The van der Waals surface area contributed by atoms with Crippen molar-refractivity contribution in [3.63, 3.8) is 0 Å². The highest BCUT2D eigenvalue weighted by atomic mass is 14.9. The van der Waals surface area contributed by atoms with Gasteiger partial charge >= 0.3 is 0 Å². The zero-order chi connectivity index (χ0) is 13.6. The first kappa shape index (κ1) is 15.2. The molecule has 0 saturated heterocycles. The van der Waals surface area contributed by atoms with Crippen LogP contribution in [0.2, 0.25) is 0 Å². The molecule has 1 N–H and O–H groups in total. The second-order valence-electron chi connectivity index (χ2n) is 6.61. The molecule has 0 aromatic heterocycles. The molecule has 0 aliphatic heterocycles. The Morgan fingerprint density at radius 2 is 1.72 bits per heavy atom. The predicted molar refractivity (Wildman–Crippen MR) is 81.0 cm³/mol. The zero-order valence-electron chi connectivity index (χ0n) is 12.7. The van der Waals surface area contributed by atoms with Crippen molar-refractivity contribution in [3.05, 3.63) is 35.4 Å². The average molecular weight is 247 g/mol. The SMILES string of the molecule is CCCNC(Cc1ccc(C)cc1)CC(C)(C)C. The topological polar surface area (TPSA) is 12.0 Å². The van der Waals surface area contributed by atoms with Gasteiger partial charge in [0.15, 0.2) is 0 Å². The first-order valence-corrected chi connectivity index (χ1v) is 7.19. The normalized spacial score (nSPS) is 13.6. The first-order valence-electron chi connectivity index (χ1n) is 7.19. The van der Waals surface area contributed by atoms with Crippen molar-refractivity contribution in [2.24, 2.45) is 5.41 Å². The maximum absolute atomic E-state index is 3.69. The van der Waals surface area contributed by atoms with Crippen molar-refractivity contribution in [1.82, 2.24) is 5.32 Å². The van der Waals surface area contributed by atoms with Gasteiger partial charge in [-0.05, 0) is 43.7 Å². The smallest absolute Gasteiger partial charge is 0.0112 e. The Labute approximate surface area is 113 Å². The van der Waals surface area contributed by atoms with Crippen LogP contribution in [0.15, 0.2) is 24.3 Å². The van der Waals surface area contributed by atoms with Crippen LogP contribution in [0.1, 0.15) is 51.7 Å². The van der Waals surface area contributed by atoms with Gasteiger partial charge in [0.1, 0.15) is 0 Å². The fourth-order valence-electron chi connectivity index (χ4n) is 2.31. The van der Waals surface area contributed by atoms with Crippen LogP contribution in [-0.2, 0) is 6.42 Å². The van der Waals surface area contributed by atoms with E-state index >= 15 is 0 Å². The Bertz CT molecular complexity index is 332. The summed E-state index contributed by atoms with van der Waals surface area (Å²) >= 11 is 0. The minimum atomic E-state index is 0.385. The molecule has 0 spiro atoms. The molecule has 1 aromatic carbocycles. The lowest BCUT2D eigenvalue weighted by molar-refractivity contribution is 0.306. The van der Waals surface area contributed by atoms with Gasteiger partial charge in [-0.25, -0.2) is 0 Å². The summed E-state index contributed by atoms with van der Waals surface area (Å²) in [4.78, 5) is 0. The summed E-state index contributed by atoms with van der Waals surface area (Å²) in [7, 11) is 0. The molecule has 0 aliphatic rings. The van der Waals surface area contributed by atoms with Crippen molar-refractivity contribution in [2.45, 2.75) is 59.9 Å². The van der Waals surface area contributed by atoms with Crippen LogP contribution < -0.4 is 5.32 Å². The Kier molecular flexibility index (Phi) is 5.87. The van der Waals surface area contributed by atoms with Crippen molar-refractivity contribution in [3.8, 4) is 0 Å². The third kappa shape index (κ3) is 6.20. The van der Waals surface area contributed by atoms with Crippen molar-refractivity contribution < 1.29 is 0 Å². The standard InChI is InChI=1S/C17H29N/c1-6-11-18-16(13-17(3,4)5)12-15-9-7-14(2)8-10-15/h7-10,16,18H,6,11-13H2,1-5H3. The summed E-state index contributed by atoms with van der Waals surface area (Å²) in [6.45, 7) is 12.5. The molecule has 0 saturated carbocycles. The van der Waals surface area contributed by atoms with Crippen LogP contribution in [0.25, 0.3) is 0 Å². The van der Waals surface area contributed by atoms with E-state index in [1.54, 1.807) is 0 Å². The van der Waals surface area contributed by atoms with E-state index in [1.807, 2.05) is 0 Å². The molecule has 18 heavy (non-hydrogen) atoms. The fourth-order valence-corrected chi connectivity index (χ4v) is 2.31. The lowest BCUT2D eigenvalue weighted by Gasteiger charge is -2.27. The molecular weight excluding hydrogens is 218 g/mol. The molecule has 0 amide bonds. The number of hydrogen-bond acceptors (Lipinski definition) is 1. The summed E-state index contributed by atoms with van der Waals surface area (Å²) in [6, 6.07) is 9.54. The number of benzene rings is 1. The Hall–Kier alpha value is -0.820. The molecule has 102 valence electrons. The summed E-state index contributed by atoms with van der Waals surface area (Å²) < 4.78 is 0. The molecule has 0 heterocycles. The molecule has 1 unspecified atom stereocenters. The van der Waals surface area contributed by atoms with Gasteiger partial charge in [0.25, 0.3) is 0 Å². The van der Waals surface area contributed by atoms with E-state index in [9.17, 15) is 0 Å². The third-order valence-corrected chi connectivity index (χ3v) is 3.14. The maximum atomic E-state index is 3.69. The zero-order valence-corrected chi connectivity index (χ0v) is 12.7. The largest absolute Gasteiger partial charge is 0.314 e. The van der Waals surface area contributed by atoms with Gasteiger partial charge in [-0.15, -0.1) is 0 Å². The summed E-state index contributed by atoms with van der Waals surface area (Å²) in [5, 5.41) is 3.69. The van der Waals surface area contributed by atoms with Crippen molar-refractivity contribution >= 4 is 0 Å². The van der Waals surface area contributed by atoms with Crippen LogP contribution >= 0.6 is 0 Å². The fraction of sp³-hybridized carbons (Fsp3) is 0.647. The Morgan fingerprint density at radius 1 is 1.11 bits per heavy atom. The molecule has 1 heteroatoms. The van der Waals surface area contributed by atoms with E-state index in [0.29, 0.717) is 11.5 Å². The quantitative estimate of drug-likeness (QED) is 0.788. The van der Waals surface area contributed by atoms with E-state index in [4.69, 9.17) is 0 Å². The highest BCUT2D eigenvalue weighted by Crippen LogP contribution is 2.22. The van der Waals surface area contributed by atoms with E-state index in [2.05, 4.69) is 64.2 Å². The molecule has 1 aromatic rings. The lowest BCUT2D eigenvalue weighted by atomic mass is 9.85. The molecule has 0 aliphatic carbocycles. The summed E-state index contributed by atoms with van der Waals surface area (Å²) in [5.74, 6) is 0. The number of rotatable bonds is 6. The Balaban J connectivity index is 2.62. The van der Waals surface area contributed by atoms with Crippen LogP contribution in [0.4, 0.5) is 0 Å². The van der Waals surface area contributed by atoms with E-state index in [-0.39, 0.29) is 0 Å². The number of nitrogens with one attached hydrogen (secondary N) is 1. The summed E-state index contributed by atoms with van der Waals surface area (Å²) in [5.41, 5.74) is 3.17.